The largest absolute Gasteiger partial charge is 0.406 e. The van der Waals surface area contributed by atoms with E-state index in [4.69, 9.17) is 0 Å². The number of carbonyl (C=O) groups is 1. The van der Waals surface area contributed by atoms with Crippen LogP contribution in [0.3, 0.4) is 0 Å². The van der Waals surface area contributed by atoms with Crippen LogP contribution in [0.4, 0.5) is 19.0 Å². The molecular formula is C20H20F3N3O. The van der Waals surface area contributed by atoms with Gasteiger partial charge in [0.25, 0.3) is 0 Å². The predicted octanol–water partition coefficient (Wildman–Crippen LogP) is 4.64. The monoisotopic (exact) mass is 375 g/mol. The lowest BCUT2D eigenvalue weighted by Gasteiger charge is -2.46. The maximum absolute atomic E-state index is 14.9. The fourth-order valence-corrected chi connectivity index (χ4v) is 4.53. The van der Waals surface area contributed by atoms with Crippen molar-refractivity contribution in [2.75, 3.05) is 5.32 Å². The minimum Gasteiger partial charge on any atom is -0.342 e. The number of halogens is 3. The van der Waals surface area contributed by atoms with Gasteiger partial charge in [0.15, 0.2) is 17.0 Å². The van der Waals surface area contributed by atoms with Crippen molar-refractivity contribution in [3.8, 4) is 0 Å². The number of hydrogen-bond donors (Lipinski definition) is 2. The van der Waals surface area contributed by atoms with E-state index in [0.29, 0.717) is 17.8 Å². The van der Waals surface area contributed by atoms with Crippen LogP contribution in [0.1, 0.15) is 43.5 Å². The number of aromatic nitrogens is 2. The number of anilines is 1. The van der Waals surface area contributed by atoms with Gasteiger partial charge >= 0.3 is 6.18 Å². The molecule has 2 aromatic rings. The van der Waals surface area contributed by atoms with Gasteiger partial charge in [0.2, 0.25) is 0 Å². The summed E-state index contributed by atoms with van der Waals surface area (Å²) < 4.78 is 44.7. The van der Waals surface area contributed by atoms with Crippen molar-refractivity contribution < 1.29 is 18.0 Å². The summed E-state index contributed by atoms with van der Waals surface area (Å²) >= 11 is 0. The Kier molecular flexibility index (Phi) is 3.61. The predicted molar refractivity (Wildman–Crippen MR) is 95.3 cm³/mol. The standard InChI is InChI=1S/C20H20F3N3O/c1-11-15-17(26-25-11)24-13-9-18(2,3)10-14(27)16(13)19(15,20(21,22)23)12-7-5-4-6-8-12/h4-8H,9-10H2,1-3H3,(H2,24,25,26). The number of nitrogens with one attached hydrogen (secondary N) is 2. The summed E-state index contributed by atoms with van der Waals surface area (Å²) in [6.07, 6.45) is -4.29. The van der Waals surface area contributed by atoms with Crippen LogP contribution < -0.4 is 5.32 Å². The van der Waals surface area contributed by atoms with Crippen molar-refractivity contribution in [2.45, 2.75) is 45.2 Å². The lowest BCUT2D eigenvalue weighted by atomic mass is 9.60. The minimum atomic E-state index is -4.71. The van der Waals surface area contributed by atoms with Gasteiger partial charge in [-0.05, 0) is 24.3 Å². The molecule has 2 heterocycles. The minimum absolute atomic E-state index is 0.0204. The van der Waals surface area contributed by atoms with E-state index < -0.39 is 22.8 Å². The highest BCUT2D eigenvalue weighted by Gasteiger charge is 2.66. The number of carbonyl (C=O) groups excluding carboxylic acids is 1. The van der Waals surface area contributed by atoms with Gasteiger partial charge in [0.05, 0.1) is 0 Å². The Balaban J connectivity index is 2.15. The number of H-pyrrole nitrogens is 1. The van der Waals surface area contributed by atoms with Gasteiger partial charge < -0.3 is 5.32 Å². The van der Waals surface area contributed by atoms with Gasteiger partial charge in [0, 0.05) is 28.9 Å². The number of aryl methyl sites for hydroxylation is 1. The van der Waals surface area contributed by atoms with Crippen LogP contribution in [0.15, 0.2) is 41.6 Å². The van der Waals surface area contributed by atoms with Crippen molar-refractivity contribution >= 4 is 11.6 Å². The molecule has 4 nitrogen and oxygen atoms in total. The fourth-order valence-electron chi connectivity index (χ4n) is 4.53. The Morgan fingerprint density at radius 1 is 1.11 bits per heavy atom. The molecule has 0 spiro atoms. The van der Waals surface area contributed by atoms with Gasteiger partial charge in [-0.15, -0.1) is 0 Å². The van der Waals surface area contributed by atoms with Crippen molar-refractivity contribution in [1.82, 2.24) is 10.2 Å². The molecule has 2 N–H and O–H groups in total. The number of hydrogen-bond acceptors (Lipinski definition) is 3. The zero-order chi connectivity index (χ0) is 19.6. The molecule has 27 heavy (non-hydrogen) atoms. The molecule has 0 amide bonds. The maximum atomic E-state index is 14.9. The molecule has 0 radical (unpaired) electrons. The molecule has 4 rings (SSSR count). The van der Waals surface area contributed by atoms with Gasteiger partial charge in [-0.1, -0.05) is 44.2 Å². The van der Waals surface area contributed by atoms with Gasteiger partial charge in [-0.25, -0.2) is 0 Å². The van der Waals surface area contributed by atoms with Crippen LogP contribution in [-0.2, 0) is 10.2 Å². The summed E-state index contributed by atoms with van der Waals surface area (Å²) in [5.74, 6) is -0.334. The van der Waals surface area contributed by atoms with E-state index in [-0.39, 0.29) is 28.9 Å². The van der Waals surface area contributed by atoms with Crippen LogP contribution in [0.5, 0.6) is 0 Å². The van der Waals surface area contributed by atoms with E-state index in [9.17, 15) is 18.0 Å². The molecule has 0 saturated heterocycles. The number of Topliss-reactive ketones (excluding diaryl/α,β-unsaturated/α-hetero) is 1. The number of alkyl halides is 3. The highest BCUT2D eigenvalue weighted by molar-refractivity contribution is 6.03. The first-order valence-corrected chi connectivity index (χ1v) is 8.79. The highest BCUT2D eigenvalue weighted by atomic mass is 19.4. The van der Waals surface area contributed by atoms with Crippen LogP contribution >= 0.6 is 0 Å². The summed E-state index contributed by atoms with van der Waals surface area (Å²) in [5, 5.41) is 9.76. The first kappa shape index (κ1) is 17.8. The zero-order valence-electron chi connectivity index (χ0n) is 15.3. The number of nitrogens with zero attached hydrogens (tertiary/aromatic N) is 1. The molecule has 1 atom stereocenters. The van der Waals surface area contributed by atoms with Crippen LogP contribution in [-0.4, -0.2) is 22.2 Å². The van der Waals surface area contributed by atoms with Crippen LogP contribution in [0.2, 0.25) is 0 Å². The Labute approximate surface area is 154 Å². The van der Waals surface area contributed by atoms with E-state index in [1.165, 1.54) is 12.1 Å². The van der Waals surface area contributed by atoms with E-state index in [1.807, 2.05) is 13.8 Å². The number of fused-ring (bicyclic) bond motifs is 1. The fraction of sp³-hybridized carbons (Fsp3) is 0.400. The molecule has 0 saturated carbocycles. The lowest BCUT2D eigenvalue weighted by molar-refractivity contribution is -0.171. The van der Waals surface area contributed by atoms with Gasteiger partial charge in [0.1, 0.15) is 0 Å². The number of benzene rings is 1. The second-order valence-corrected chi connectivity index (χ2v) is 8.11. The zero-order valence-corrected chi connectivity index (χ0v) is 15.3. The number of ketones is 1. The normalized spacial score (nSPS) is 24.3. The molecule has 1 aliphatic heterocycles. The lowest BCUT2D eigenvalue weighted by Crippen LogP contribution is -2.52. The summed E-state index contributed by atoms with van der Waals surface area (Å²) in [5.41, 5.74) is -2.52. The average molecular weight is 375 g/mol. The third-order valence-electron chi connectivity index (χ3n) is 5.47. The van der Waals surface area contributed by atoms with Crippen molar-refractivity contribution in [3.63, 3.8) is 0 Å². The average Bonchev–Trinajstić information content (AvgIpc) is 2.92. The van der Waals surface area contributed by atoms with E-state index in [2.05, 4.69) is 15.5 Å². The summed E-state index contributed by atoms with van der Waals surface area (Å²) in [4.78, 5) is 13.1. The van der Waals surface area contributed by atoms with E-state index in [0.717, 1.165) is 0 Å². The SMILES string of the molecule is Cc1[nH]nc2c1C(c1ccccc1)(C(F)(F)F)C1=C(CC(C)(C)CC1=O)N2. The smallest absolute Gasteiger partial charge is 0.342 e. The number of allylic oxidation sites excluding steroid dienone is 2. The second kappa shape index (κ2) is 5.47. The molecule has 1 unspecified atom stereocenters. The van der Waals surface area contributed by atoms with Crippen molar-refractivity contribution in [1.29, 1.82) is 0 Å². The Morgan fingerprint density at radius 2 is 1.78 bits per heavy atom. The van der Waals surface area contributed by atoms with Gasteiger partial charge in [-0.3, -0.25) is 9.89 Å². The number of aromatic amines is 1. The molecule has 1 aromatic carbocycles. The Morgan fingerprint density at radius 3 is 2.41 bits per heavy atom. The topological polar surface area (TPSA) is 57.8 Å². The van der Waals surface area contributed by atoms with Gasteiger partial charge in [-0.2, -0.15) is 18.3 Å². The molecule has 2 aliphatic rings. The molecule has 0 fully saturated rings. The molecule has 1 aliphatic carbocycles. The molecule has 7 heteroatoms. The van der Waals surface area contributed by atoms with Crippen LogP contribution in [0.25, 0.3) is 0 Å². The van der Waals surface area contributed by atoms with E-state index in [1.54, 1.807) is 25.1 Å². The summed E-state index contributed by atoms with van der Waals surface area (Å²) in [6.45, 7) is 5.33. The Bertz CT molecular complexity index is 957. The molecule has 1 aromatic heterocycles. The third-order valence-corrected chi connectivity index (χ3v) is 5.47. The van der Waals surface area contributed by atoms with Crippen molar-refractivity contribution in [2.24, 2.45) is 5.41 Å². The first-order valence-electron chi connectivity index (χ1n) is 8.79. The molecule has 142 valence electrons. The molecular weight excluding hydrogens is 355 g/mol. The Hall–Kier alpha value is -2.57. The highest BCUT2D eigenvalue weighted by Crippen LogP contribution is 2.59. The van der Waals surface area contributed by atoms with Crippen LogP contribution in [0, 0.1) is 12.3 Å². The third kappa shape index (κ3) is 2.37. The molecule has 0 bridgehead atoms. The summed E-state index contributed by atoms with van der Waals surface area (Å²) in [6, 6.07) is 7.67. The maximum Gasteiger partial charge on any atom is 0.406 e. The first-order chi connectivity index (χ1) is 12.6. The quantitative estimate of drug-likeness (QED) is 0.764. The summed E-state index contributed by atoms with van der Waals surface area (Å²) in [7, 11) is 0. The number of rotatable bonds is 1. The van der Waals surface area contributed by atoms with Crippen molar-refractivity contribution in [3.05, 3.63) is 58.4 Å². The van der Waals surface area contributed by atoms with E-state index >= 15 is 0 Å². The second-order valence-electron chi connectivity index (χ2n) is 8.11.